The zero-order valence-electron chi connectivity index (χ0n) is 10.5. The van der Waals surface area contributed by atoms with Gasteiger partial charge in [-0.25, -0.2) is 13.4 Å². The number of pyridine rings is 1. The lowest BCUT2D eigenvalue weighted by Gasteiger charge is -2.09. The fraction of sp³-hybridized carbons (Fsp3) is 0.0833. The number of benzene rings is 1. The summed E-state index contributed by atoms with van der Waals surface area (Å²) in [5, 5.41) is 10.9. The first-order valence-corrected chi connectivity index (χ1v) is 7.08. The number of sulfonamides is 1. The maximum absolute atomic E-state index is 12.2. The van der Waals surface area contributed by atoms with Gasteiger partial charge in [0.15, 0.2) is 4.90 Å². The Labute approximate surface area is 115 Å². The molecule has 0 saturated carbocycles. The molecule has 0 fully saturated rings. The maximum Gasteiger partial charge on any atom is 0.289 e. The monoisotopic (exact) mass is 293 g/mol. The second-order valence-electron chi connectivity index (χ2n) is 4.00. The van der Waals surface area contributed by atoms with Crippen LogP contribution in [0.4, 0.5) is 11.5 Å². The molecule has 1 aromatic carbocycles. The number of aryl methyl sites for hydroxylation is 1. The lowest BCUT2D eigenvalue weighted by atomic mass is 10.3. The van der Waals surface area contributed by atoms with Crippen molar-refractivity contribution < 1.29 is 13.3 Å². The van der Waals surface area contributed by atoms with Gasteiger partial charge in [-0.3, -0.25) is 14.8 Å². The van der Waals surface area contributed by atoms with Gasteiger partial charge in [0.25, 0.3) is 15.7 Å². The molecule has 1 N–H and O–H groups in total. The second kappa shape index (κ2) is 5.25. The lowest BCUT2D eigenvalue weighted by Crippen LogP contribution is -2.16. The van der Waals surface area contributed by atoms with Crippen LogP contribution in [-0.2, 0) is 10.0 Å². The van der Waals surface area contributed by atoms with E-state index >= 15 is 0 Å². The predicted molar refractivity (Wildman–Crippen MR) is 72.9 cm³/mol. The van der Waals surface area contributed by atoms with Crippen molar-refractivity contribution in [3.63, 3.8) is 0 Å². The molecule has 0 radical (unpaired) electrons. The van der Waals surface area contributed by atoms with Crippen LogP contribution in [-0.4, -0.2) is 18.3 Å². The van der Waals surface area contributed by atoms with E-state index in [9.17, 15) is 18.5 Å². The van der Waals surface area contributed by atoms with E-state index in [1.165, 1.54) is 24.4 Å². The van der Waals surface area contributed by atoms with Gasteiger partial charge in [-0.1, -0.05) is 18.2 Å². The summed E-state index contributed by atoms with van der Waals surface area (Å²) in [6.07, 6.45) is 1.43. The zero-order chi connectivity index (χ0) is 14.8. The van der Waals surface area contributed by atoms with Crippen molar-refractivity contribution in [2.75, 3.05) is 4.72 Å². The van der Waals surface area contributed by atoms with Crippen LogP contribution in [0.2, 0.25) is 0 Å². The van der Waals surface area contributed by atoms with Crippen molar-refractivity contribution in [2.24, 2.45) is 0 Å². The van der Waals surface area contributed by atoms with E-state index in [1.807, 2.05) is 0 Å². The fourth-order valence-corrected chi connectivity index (χ4v) is 2.86. The van der Waals surface area contributed by atoms with Crippen LogP contribution in [0.1, 0.15) is 5.56 Å². The molecular weight excluding hydrogens is 282 g/mol. The molecule has 0 aliphatic rings. The average Bonchev–Trinajstić information content (AvgIpc) is 2.41. The number of aromatic nitrogens is 1. The summed E-state index contributed by atoms with van der Waals surface area (Å²) in [5.74, 6) is 0.144. The average molecular weight is 293 g/mol. The van der Waals surface area contributed by atoms with Gasteiger partial charge in [0.2, 0.25) is 0 Å². The van der Waals surface area contributed by atoms with Crippen LogP contribution in [0.3, 0.4) is 0 Å². The Hall–Kier alpha value is -2.48. The highest BCUT2D eigenvalue weighted by atomic mass is 32.2. The second-order valence-corrected chi connectivity index (χ2v) is 5.65. The van der Waals surface area contributed by atoms with E-state index in [-0.39, 0.29) is 5.82 Å². The topological polar surface area (TPSA) is 102 Å². The standard InChI is InChI=1S/C12H11N3O4S/c1-9-5-4-8-13-12(9)14-20(18,19)11-7-3-2-6-10(11)15(16)17/h2-8H,1H3,(H,13,14). The van der Waals surface area contributed by atoms with Crippen LogP contribution >= 0.6 is 0 Å². The van der Waals surface area contributed by atoms with Crippen LogP contribution < -0.4 is 4.72 Å². The smallest absolute Gasteiger partial charge is 0.263 e. The van der Waals surface area contributed by atoms with Crippen LogP contribution in [0.25, 0.3) is 0 Å². The number of hydrogen-bond acceptors (Lipinski definition) is 5. The fourth-order valence-electron chi connectivity index (χ4n) is 1.61. The van der Waals surface area contributed by atoms with Gasteiger partial charge in [0, 0.05) is 12.3 Å². The predicted octanol–water partition coefficient (Wildman–Crippen LogP) is 2.10. The van der Waals surface area contributed by atoms with E-state index in [4.69, 9.17) is 0 Å². The molecule has 0 bridgehead atoms. The summed E-state index contributed by atoms with van der Waals surface area (Å²) < 4.78 is 26.7. The van der Waals surface area contributed by atoms with E-state index < -0.39 is 25.5 Å². The summed E-state index contributed by atoms with van der Waals surface area (Å²) in [6.45, 7) is 1.68. The van der Waals surface area contributed by atoms with Crippen molar-refractivity contribution >= 4 is 21.5 Å². The van der Waals surface area contributed by atoms with E-state index in [0.717, 1.165) is 6.07 Å². The maximum atomic E-state index is 12.2. The molecule has 0 amide bonds. The third kappa shape index (κ3) is 2.75. The largest absolute Gasteiger partial charge is 0.289 e. The Morgan fingerprint density at radius 2 is 1.90 bits per heavy atom. The summed E-state index contributed by atoms with van der Waals surface area (Å²) in [5.41, 5.74) is 0.142. The van der Waals surface area contributed by atoms with Crippen molar-refractivity contribution in [1.82, 2.24) is 4.98 Å². The molecule has 104 valence electrons. The van der Waals surface area contributed by atoms with Crippen LogP contribution in [0, 0.1) is 17.0 Å². The Balaban J connectivity index is 2.47. The highest BCUT2D eigenvalue weighted by molar-refractivity contribution is 7.92. The SMILES string of the molecule is Cc1cccnc1NS(=O)(=O)c1ccccc1[N+](=O)[O-]. The Morgan fingerprint density at radius 1 is 1.20 bits per heavy atom. The first kappa shape index (κ1) is 13.9. The lowest BCUT2D eigenvalue weighted by molar-refractivity contribution is -0.387. The number of nitrogens with one attached hydrogen (secondary N) is 1. The van der Waals surface area contributed by atoms with E-state index in [2.05, 4.69) is 9.71 Å². The van der Waals surface area contributed by atoms with E-state index in [1.54, 1.807) is 19.1 Å². The number of nitro benzene ring substituents is 1. The number of rotatable bonds is 4. The molecule has 2 rings (SSSR count). The number of nitro groups is 1. The summed E-state index contributed by atoms with van der Waals surface area (Å²) in [7, 11) is -4.07. The van der Waals surface area contributed by atoms with Gasteiger partial charge >= 0.3 is 0 Å². The zero-order valence-corrected chi connectivity index (χ0v) is 11.3. The Bertz CT molecular complexity index is 759. The highest BCUT2D eigenvalue weighted by Gasteiger charge is 2.25. The quantitative estimate of drug-likeness (QED) is 0.687. The van der Waals surface area contributed by atoms with Gasteiger partial charge in [0.1, 0.15) is 5.82 Å². The minimum absolute atomic E-state index is 0.144. The molecule has 0 saturated heterocycles. The number of nitrogens with zero attached hydrogens (tertiary/aromatic N) is 2. The molecule has 20 heavy (non-hydrogen) atoms. The number of hydrogen-bond donors (Lipinski definition) is 1. The van der Waals surface area contributed by atoms with Crippen molar-refractivity contribution in [1.29, 1.82) is 0 Å². The molecule has 0 atom stereocenters. The molecular formula is C12H11N3O4S. The molecule has 0 aliphatic heterocycles. The Morgan fingerprint density at radius 3 is 2.55 bits per heavy atom. The number of anilines is 1. The molecule has 2 aromatic rings. The minimum Gasteiger partial charge on any atom is -0.263 e. The molecule has 1 heterocycles. The van der Waals surface area contributed by atoms with Crippen molar-refractivity contribution in [3.8, 4) is 0 Å². The normalized spacial score (nSPS) is 11.1. The summed E-state index contributed by atoms with van der Waals surface area (Å²) in [4.78, 5) is 13.7. The molecule has 0 spiro atoms. The first-order valence-electron chi connectivity index (χ1n) is 5.59. The summed E-state index contributed by atoms with van der Waals surface area (Å²) in [6, 6.07) is 8.50. The molecule has 7 nitrogen and oxygen atoms in total. The molecule has 8 heteroatoms. The third-order valence-corrected chi connectivity index (χ3v) is 3.98. The van der Waals surface area contributed by atoms with Crippen molar-refractivity contribution in [3.05, 3.63) is 58.3 Å². The molecule has 0 unspecified atom stereocenters. The van der Waals surface area contributed by atoms with Gasteiger partial charge in [-0.05, 0) is 24.6 Å². The van der Waals surface area contributed by atoms with Gasteiger partial charge < -0.3 is 0 Å². The number of para-hydroxylation sites is 1. The Kier molecular flexibility index (Phi) is 3.66. The first-order chi connectivity index (χ1) is 9.42. The van der Waals surface area contributed by atoms with Crippen molar-refractivity contribution in [2.45, 2.75) is 11.8 Å². The third-order valence-electron chi connectivity index (χ3n) is 2.59. The summed E-state index contributed by atoms with van der Waals surface area (Å²) >= 11 is 0. The van der Waals surface area contributed by atoms with Crippen LogP contribution in [0.15, 0.2) is 47.5 Å². The molecule has 0 aliphatic carbocycles. The molecule has 1 aromatic heterocycles. The minimum atomic E-state index is -4.07. The van der Waals surface area contributed by atoms with Gasteiger partial charge in [-0.15, -0.1) is 0 Å². The highest BCUT2D eigenvalue weighted by Crippen LogP contribution is 2.25. The van der Waals surface area contributed by atoms with Gasteiger partial charge in [-0.2, -0.15) is 0 Å². The van der Waals surface area contributed by atoms with E-state index in [0.29, 0.717) is 5.56 Å². The van der Waals surface area contributed by atoms with Crippen LogP contribution in [0.5, 0.6) is 0 Å². The van der Waals surface area contributed by atoms with Gasteiger partial charge in [0.05, 0.1) is 4.92 Å².